The van der Waals surface area contributed by atoms with Crippen LogP contribution in [0.1, 0.15) is 16.8 Å². The van der Waals surface area contributed by atoms with E-state index in [-0.39, 0.29) is 10.8 Å². The van der Waals surface area contributed by atoms with Gasteiger partial charge in [-0.15, -0.1) is 0 Å². The maximum Gasteiger partial charge on any atom is 0.251 e. The zero-order valence-corrected chi connectivity index (χ0v) is 13.6. The van der Waals surface area contributed by atoms with Crippen LogP contribution < -0.4 is 10.0 Å². The normalized spacial score (nSPS) is 11.4. The molecule has 1 aromatic carbocycles. The van der Waals surface area contributed by atoms with Gasteiger partial charge in [0.1, 0.15) is 0 Å². The Morgan fingerprint density at radius 2 is 1.68 bits per heavy atom. The highest BCUT2D eigenvalue weighted by Gasteiger charge is 2.14. The van der Waals surface area contributed by atoms with Crippen molar-refractivity contribution in [1.82, 2.24) is 10.0 Å². The molecule has 0 aliphatic heterocycles. The van der Waals surface area contributed by atoms with E-state index in [4.69, 9.17) is 9.47 Å². The second kappa shape index (κ2) is 9.52. The number of hydrogen-bond donors (Lipinski definition) is 2. The fraction of sp³-hybridized carbons (Fsp3) is 0.500. The summed E-state index contributed by atoms with van der Waals surface area (Å²) in [4.78, 5) is 11.9. The van der Waals surface area contributed by atoms with Crippen molar-refractivity contribution in [2.45, 2.75) is 11.3 Å². The molecule has 0 heterocycles. The molecule has 22 heavy (non-hydrogen) atoms. The topological polar surface area (TPSA) is 93.7 Å². The first-order valence-corrected chi connectivity index (χ1v) is 8.35. The molecule has 0 unspecified atom stereocenters. The Morgan fingerprint density at radius 3 is 2.27 bits per heavy atom. The maximum atomic E-state index is 12.0. The lowest BCUT2D eigenvalue weighted by molar-refractivity contribution is 0.0937. The van der Waals surface area contributed by atoms with E-state index in [2.05, 4.69) is 10.0 Å². The van der Waals surface area contributed by atoms with Gasteiger partial charge < -0.3 is 14.8 Å². The molecule has 0 fully saturated rings. The SMILES string of the molecule is COCCCNS(=O)(=O)c1ccc(C(=O)NCCOC)cc1. The predicted molar refractivity (Wildman–Crippen MR) is 82.3 cm³/mol. The third-order valence-electron chi connectivity index (χ3n) is 2.84. The van der Waals surface area contributed by atoms with Crippen molar-refractivity contribution >= 4 is 15.9 Å². The summed E-state index contributed by atoms with van der Waals surface area (Å²) in [6.07, 6.45) is 0.593. The van der Waals surface area contributed by atoms with E-state index in [1.165, 1.54) is 24.3 Å². The number of carbonyl (C=O) groups excluding carboxylic acids is 1. The van der Waals surface area contributed by atoms with Crippen molar-refractivity contribution in [3.8, 4) is 0 Å². The monoisotopic (exact) mass is 330 g/mol. The van der Waals surface area contributed by atoms with Crippen molar-refractivity contribution in [3.05, 3.63) is 29.8 Å². The molecule has 0 aromatic heterocycles. The predicted octanol–water partition coefficient (Wildman–Crippen LogP) is 0.378. The average molecular weight is 330 g/mol. The summed E-state index contributed by atoms with van der Waals surface area (Å²) in [5.74, 6) is -0.269. The standard InChI is InChI=1S/C14H22N2O5S/c1-20-10-3-8-16-22(18,19)13-6-4-12(5-7-13)14(17)15-9-11-21-2/h4-7,16H,3,8-11H2,1-2H3,(H,15,17). The summed E-state index contributed by atoms with van der Waals surface area (Å²) >= 11 is 0. The quantitative estimate of drug-likeness (QED) is 0.605. The molecule has 7 nitrogen and oxygen atoms in total. The molecular weight excluding hydrogens is 308 g/mol. The molecule has 0 spiro atoms. The molecule has 0 atom stereocenters. The number of ether oxygens (including phenoxy) is 2. The van der Waals surface area contributed by atoms with E-state index >= 15 is 0 Å². The van der Waals surface area contributed by atoms with E-state index in [9.17, 15) is 13.2 Å². The second-order valence-corrected chi connectivity index (χ2v) is 6.28. The van der Waals surface area contributed by atoms with Crippen LogP contribution >= 0.6 is 0 Å². The van der Waals surface area contributed by atoms with Crippen molar-refractivity contribution in [1.29, 1.82) is 0 Å². The molecule has 1 amide bonds. The number of amides is 1. The van der Waals surface area contributed by atoms with E-state index in [1.807, 2.05) is 0 Å². The van der Waals surface area contributed by atoms with Crippen molar-refractivity contribution in [2.24, 2.45) is 0 Å². The molecule has 0 radical (unpaired) electrons. The first kappa shape index (κ1) is 18.6. The van der Waals surface area contributed by atoms with Gasteiger partial charge in [-0.05, 0) is 30.7 Å². The van der Waals surface area contributed by atoms with Crippen LogP contribution in [-0.4, -0.2) is 54.8 Å². The van der Waals surface area contributed by atoms with Crippen LogP contribution in [0.25, 0.3) is 0 Å². The van der Waals surface area contributed by atoms with E-state index in [0.29, 0.717) is 38.3 Å². The number of hydrogen-bond acceptors (Lipinski definition) is 5. The number of methoxy groups -OCH3 is 2. The lowest BCUT2D eigenvalue weighted by Gasteiger charge is -2.08. The van der Waals surface area contributed by atoms with Gasteiger partial charge in [-0.1, -0.05) is 0 Å². The molecule has 2 N–H and O–H groups in total. The molecule has 1 rings (SSSR count). The minimum absolute atomic E-state index is 0.123. The summed E-state index contributed by atoms with van der Waals surface area (Å²) in [5.41, 5.74) is 0.398. The highest BCUT2D eigenvalue weighted by molar-refractivity contribution is 7.89. The average Bonchev–Trinajstić information content (AvgIpc) is 2.52. The highest BCUT2D eigenvalue weighted by Crippen LogP contribution is 2.10. The molecular formula is C14H22N2O5S. The third-order valence-corrected chi connectivity index (χ3v) is 4.31. The number of nitrogens with one attached hydrogen (secondary N) is 2. The van der Waals surface area contributed by atoms with Gasteiger partial charge in [-0.2, -0.15) is 0 Å². The highest BCUT2D eigenvalue weighted by atomic mass is 32.2. The smallest absolute Gasteiger partial charge is 0.251 e. The first-order valence-electron chi connectivity index (χ1n) is 6.87. The Kier molecular flexibility index (Phi) is 8.03. The summed E-state index contributed by atoms with van der Waals surface area (Å²) in [6, 6.07) is 5.77. The van der Waals surface area contributed by atoms with Gasteiger partial charge in [0.05, 0.1) is 11.5 Å². The molecule has 124 valence electrons. The number of sulfonamides is 1. The number of benzene rings is 1. The molecule has 8 heteroatoms. The van der Waals surface area contributed by atoms with Gasteiger partial charge in [0, 0.05) is 39.5 Å². The van der Waals surface area contributed by atoms with Crippen LogP contribution in [0.15, 0.2) is 29.2 Å². The Hall–Kier alpha value is -1.48. The fourth-order valence-electron chi connectivity index (χ4n) is 1.66. The summed E-state index contributed by atoms with van der Waals surface area (Å²) < 4.78 is 36.2. The third kappa shape index (κ3) is 6.10. The van der Waals surface area contributed by atoms with E-state index < -0.39 is 10.0 Å². The second-order valence-electron chi connectivity index (χ2n) is 4.52. The fourth-order valence-corrected chi connectivity index (χ4v) is 2.73. The van der Waals surface area contributed by atoms with Gasteiger partial charge in [-0.25, -0.2) is 13.1 Å². The Morgan fingerprint density at radius 1 is 1.05 bits per heavy atom. The van der Waals surface area contributed by atoms with E-state index in [1.54, 1.807) is 14.2 Å². The van der Waals surface area contributed by atoms with E-state index in [0.717, 1.165) is 0 Å². The molecule has 0 bridgehead atoms. The van der Waals surface area contributed by atoms with Crippen LogP contribution in [0.4, 0.5) is 0 Å². The molecule has 1 aromatic rings. The van der Waals surface area contributed by atoms with Crippen LogP contribution in [0.3, 0.4) is 0 Å². The first-order chi connectivity index (χ1) is 10.5. The molecule has 0 aliphatic rings. The minimum atomic E-state index is -3.56. The van der Waals surface area contributed by atoms with Gasteiger partial charge in [0.25, 0.3) is 5.91 Å². The van der Waals surface area contributed by atoms with Crippen LogP contribution in [0.5, 0.6) is 0 Å². The Labute approximate surface area is 131 Å². The van der Waals surface area contributed by atoms with Crippen molar-refractivity contribution in [2.75, 3.05) is 40.5 Å². The van der Waals surface area contributed by atoms with Gasteiger partial charge in [0.2, 0.25) is 10.0 Å². The molecule has 0 saturated carbocycles. The zero-order valence-electron chi connectivity index (χ0n) is 12.8. The lowest BCUT2D eigenvalue weighted by Crippen LogP contribution is -2.27. The summed E-state index contributed by atoms with van der Waals surface area (Å²) in [7, 11) is -0.454. The van der Waals surface area contributed by atoms with Gasteiger partial charge >= 0.3 is 0 Å². The minimum Gasteiger partial charge on any atom is -0.385 e. The molecule has 0 aliphatic carbocycles. The van der Waals surface area contributed by atoms with Gasteiger partial charge in [-0.3, -0.25) is 4.79 Å². The summed E-state index contributed by atoms with van der Waals surface area (Å²) in [5, 5.41) is 2.66. The van der Waals surface area contributed by atoms with Crippen LogP contribution in [-0.2, 0) is 19.5 Å². The van der Waals surface area contributed by atoms with Crippen molar-refractivity contribution < 1.29 is 22.7 Å². The largest absolute Gasteiger partial charge is 0.385 e. The van der Waals surface area contributed by atoms with Crippen LogP contribution in [0.2, 0.25) is 0 Å². The number of rotatable bonds is 10. The Bertz CT molecular complexity index is 557. The summed E-state index contributed by atoms with van der Waals surface area (Å²) in [6.45, 7) is 1.61. The maximum absolute atomic E-state index is 12.0. The van der Waals surface area contributed by atoms with Crippen LogP contribution in [0, 0.1) is 0 Å². The zero-order chi connectivity index (χ0) is 16.4. The molecule has 0 saturated heterocycles. The van der Waals surface area contributed by atoms with Crippen molar-refractivity contribution in [3.63, 3.8) is 0 Å². The Balaban J connectivity index is 2.61. The number of carbonyl (C=O) groups is 1. The van der Waals surface area contributed by atoms with Gasteiger partial charge in [0.15, 0.2) is 0 Å². The lowest BCUT2D eigenvalue weighted by atomic mass is 10.2.